The van der Waals surface area contributed by atoms with Crippen LogP contribution in [0.3, 0.4) is 0 Å². The lowest BCUT2D eigenvalue weighted by Crippen LogP contribution is -2.47. The fraction of sp³-hybridized carbons (Fsp3) is 1.00. The molecule has 90 valence electrons. The number of piperidine rings is 1. The number of rotatable bonds is 4. The molecule has 0 aliphatic carbocycles. The van der Waals surface area contributed by atoms with E-state index in [4.69, 9.17) is 5.73 Å². The van der Waals surface area contributed by atoms with Crippen molar-refractivity contribution in [2.24, 2.45) is 5.73 Å². The molecule has 5 nitrogen and oxygen atoms in total. The van der Waals surface area contributed by atoms with Crippen molar-refractivity contribution in [1.29, 1.82) is 0 Å². The van der Waals surface area contributed by atoms with Gasteiger partial charge in [0.2, 0.25) is 10.0 Å². The molecule has 6 heteroatoms. The van der Waals surface area contributed by atoms with Gasteiger partial charge < -0.3 is 10.6 Å². The number of sulfonamides is 1. The normalized spacial score (nSPS) is 22.9. The van der Waals surface area contributed by atoms with Gasteiger partial charge in [-0.05, 0) is 39.9 Å². The summed E-state index contributed by atoms with van der Waals surface area (Å²) in [5.74, 6) is 0. The van der Waals surface area contributed by atoms with Crippen LogP contribution in [0.15, 0.2) is 0 Å². The second-order valence-electron chi connectivity index (χ2n) is 4.29. The average Bonchev–Trinajstić information content (AvgIpc) is 2.20. The summed E-state index contributed by atoms with van der Waals surface area (Å²) in [6.07, 6.45) is 1.76. The maximum Gasteiger partial charge on any atom is 0.215 e. The van der Waals surface area contributed by atoms with Gasteiger partial charge in [-0.3, -0.25) is 0 Å². The molecular formula is C9H21N3O2S. The lowest BCUT2D eigenvalue weighted by molar-refractivity contribution is 0.248. The van der Waals surface area contributed by atoms with Gasteiger partial charge in [-0.25, -0.2) is 13.1 Å². The summed E-state index contributed by atoms with van der Waals surface area (Å²) in [6.45, 7) is 3.70. The lowest BCUT2D eigenvalue weighted by Gasteiger charge is -2.30. The molecule has 0 aromatic heterocycles. The number of nitrogens with one attached hydrogen (secondary N) is 1. The van der Waals surface area contributed by atoms with Crippen molar-refractivity contribution in [1.82, 2.24) is 9.62 Å². The Balaban J connectivity index is 2.48. The Bertz CT molecular complexity index is 284. The summed E-state index contributed by atoms with van der Waals surface area (Å²) in [5, 5.41) is -0.503. The van der Waals surface area contributed by atoms with E-state index < -0.39 is 15.3 Å². The van der Waals surface area contributed by atoms with Gasteiger partial charge in [0.05, 0.1) is 5.25 Å². The topological polar surface area (TPSA) is 75.4 Å². The highest BCUT2D eigenvalue weighted by Crippen LogP contribution is 2.10. The van der Waals surface area contributed by atoms with E-state index in [2.05, 4.69) is 9.62 Å². The molecule has 3 N–H and O–H groups in total. The quantitative estimate of drug-likeness (QED) is 0.679. The van der Waals surface area contributed by atoms with Crippen molar-refractivity contribution in [3.05, 3.63) is 0 Å². The maximum atomic E-state index is 11.7. The number of nitrogens with two attached hydrogens (primary N) is 1. The Kier molecular flexibility index (Phi) is 4.51. The van der Waals surface area contributed by atoms with Crippen molar-refractivity contribution in [3.8, 4) is 0 Å². The van der Waals surface area contributed by atoms with Crippen molar-refractivity contribution >= 4 is 10.0 Å². The van der Waals surface area contributed by atoms with Crippen molar-refractivity contribution in [3.63, 3.8) is 0 Å². The fourth-order valence-corrected chi connectivity index (χ4v) is 2.79. The van der Waals surface area contributed by atoms with Crippen molar-refractivity contribution < 1.29 is 8.42 Å². The van der Waals surface area contributed by atoms with Gasteiger partial charge in [-0.1, -0.05) is 0 Å². The molecule has 0 bridgehead atoms. The third kappa shape index (κ3) is 3.71. The summed E-state index contributed by atoms with van der Waals surface area (Å²) in [4.78, 5) is 2.21. The number of likely N-dealkylation sites (tertiary alicyclic amines) is 1. The van der Waals surface area contributed by atoms with Crippen LogP contribution in [-0.2, 0) is 10.0 Å². The third-order valence-corrected chi connectivity index (χ3v) is 4.82. The van der Waals surface area contributed by atoms with Crippen LogP contribution < -0.4 is 10.5 Å². The van der Waals surface area contributed by atoms with E-state index in [1.165, 1.54) is 0 Å². The van der Waals surface area contributed by atoms with Gasteiger partial charge in [0.15, 0.2) is 0 Å². The molecule has 0 radical (unpaired) electrons. The first-order chi connectivity index (χ1) is 6.95. The summed E-state index contributed by atoms with van der Waals surface area (Å²) >= 11 is 0. The largest absolute Gasteiger partial charge is 0.329 e. The summed E-state index contributed by atoms with van der Waals surface area (Å²) in [7, 11) is -1.17. The van der Waals surface area contributed by atoms with Gasteiger partial charge in [0, 0.05) is 12.6 Å². The average molecular weight is 235 g/mol. The zero-order valence-corrected chi connectivity index (χ0v) is 10.3. The highest BCUT2D eigenvalue weighted by atomic mass is 32.2. The number of nitrogens with zero attached hydrogens (tertiary/aromatic N) is 1. The van der Waals surface area contributed by atoms with E-state index in [9.17, 15) is 8.42 Å². The Morgan fingerprint density at radius 2 is 2.00 bits per heavy atom. The minimum atomic E-state index is -3.22. The molecule has 0 spiro atoms. The van der Waals surface area contributed by atoms with E-state index in [1.807, 2.05) is 7.05 Å². The Morgan fingerprint density at radius 3 is 2.47 bits per heavy atom. The van der Waals surface area contributed by atoms with Gasteiger partial charge in [-0.2, -0.15) is 0 Å². The summed E-state index contributed by atoms with van der Waals surface area (Å²) < 4.78 is 26.1. The van der Waals surface area contributed by atoms with Crippen LogP contribution >= 0.6 is 0 Å². The molecule has 0 aromatic carbocycles. The lowest BCUT2D eigenvalue weighted by atomic mass is 10.1. The third-order valence-electron chi connectivity index (χ3n) is 2.91. The molecule has 1 aliphatic heterocycles. The highest BCUT2D eigenvalue weighted by molar-refractivity contribution is 7.90. The molecule has 0 saturated carbocycles. The van der Waals surface area contributed by atoms with E-state index >= 15 is 0 Å². The Hall–Kier alpha value is -0.170. The first-order valence-electron chi connectivity index (χ1n) is 5.35. The molecule has 1 unspecified atom stereocenters. The second kappa shape index (κ2) is 5.25. The highest BCUT2D eigenvalue weighted by Gasteiger charge is 2.25. The van der Waals surface area contributed by atoms with Crippen LogP contribution in [0.5, 0.6) is 0 Å². The molecule has 1 saturated heterocycles. The van der Waals surface area contributed by atoms with E-state index in [0.29, 0.717) is 0 Å². The molecule has 1 atom stereocenters. The van der Waals surface area contributed by atoms with Gasteiger partial charge in [0.1, 0.15) is 0 Å². The molecule has 15 heavy (non-hydrogen) atoms. The predicted molar refractivity (Wildman–Crippen MR) is 61.1 cm³/mol. The molecule has 1 fully saturated rings. The maximum absolute atomic E-state index is 11.7. The van der Waals surface area contributed by atoms with Crippen LogP contribution in [0.2, 0.25) is 0 Å². The summed E-state index contributed by atoms with van der Waals surface area (Å²) in [6, 6.07) is 0.0835. The van der Waals surface area contributed by atoms with E-state index in [0.717, 1.165) is 25.9 Å². The SMILES string of the molecule is CC(CN)S(=O)(=O)NC1CCN(C)CC1. The zero-order valence-electron chi connectivity index (χ0n) is 9.44. The van der Waals surface area contributed by atoms with E-state index in [1.54, 1.807) is 6.92 Å². The van der Waals surface area contributed by atoms with Crippen LogP contribution in [0.1, 0.15) is 19.8 Å². The molecular weight excluding hydrogens is 214 g/mol. The van der Waals surface area contributed by atoms with Gasteiger partial charge in [-0.15, -0.1) is 0 Å². The zero-order chi connectivity index (χ0) is 11.5. The van der Waals surface area contributed by atoms with Crippen LogP contribution in [0, 0.1) is 0 Å². The van der Waals surface area contributed by atoms with Crippen molar-refractivity contribution in [2.45, 2.75) is 31.1 Å². The summed E-state index contributed by atoms with van der Waals surface area (Å²) in [5.41, 5.74) is 5.36. The molecule has 1 heterocycles. The van der Waals surface area contributed by atoms with Gasteiger partial charge in [0.25, 0.3) is 0 Å². The standard InChI is InChI=1S/C9H21N3O2S/c1-8(7-10)15(13,14)11-9-3-5-12(2)6-4-9/h8-9,11H,3-7,10H2,1-2H3. The van der Waals surface area contributed by atoms with Crippen LogP contribution in [0.4, 0.5) is 0 Å². The molecule has 1 rings (SSSR count). The second-order valence-corrected chi connectivity index (χ2v) is 6.42. The number of hydrogen-bond donors (Lipinski definition) is 2. The smallest absolute Gasteiger partial charge is 0.215 e. The fourth-order valence-electron chi connectivity index (χ4n) is 1.60. The minimum Gasteiger partial charge on any atom is -0.329 e. The van der Waals surface area contributed by atoms with Crippen molar-refractivity contribution in [2.75, 3.05) is 26.7 Å². The first-order valence-corrected chi connectivity index (χ1v) is 6.90. The Morgan fingerprint density at radius 1 is 1.47 bits per heavy atom. The molecule has 0 amide bonds. The minimum absolute atomic E-state index is 0.0835. The first kappa shape index (κ1) is 12.9. The molecule has 0 aromatic rings. The monoisotopic (exact) mass is 235 g/mol. The molecule has 1 aliphatic rings. The van der Waals surface area contributed by atoms with E-state index in [-0.39, 0.29) is 12.6 Å². The number of hydrogen-bond acceptors (Lipinski definition) is 4. The van der Waals surface area contributed by atoms with Crippen LogP contribution in [0.25, 0.3) is 0 Å². The predicted octanol–water partition coefficient (Wildman–Crippen LogP) is -0.653. The van der Waals surface area contributed by atoms with Gasteiger partial charge >= 0.3 is 0 Å². The van der Waals surface area contributed by atoms with Crippen LogP contribution in [-0.4, -0.2) is 51.3 Å². The Labute approximate surface area is 92.1 Å².